The lowest BCUT2D eigenvalue weighted by atomic mass is 10.0. The third kappa shape index (κ3) is 3.48. The number of hydrogen-bond acceptors (Lipinski definition) is 7. The maximum absolute atomic E-state index is 5.69. The van der Waals surface area contributed by atoms with Crippen molar-refractivity contribution in [3.8, 4) is 5.75 Å². The molecule has 0 aliphatic carbocycles. The zero-order chi connectivity index (χ0) is 13.5. The highest BCUT2D eigenvalue weighted by Crippen LogP contribution is 2.28. The van der Waals surface area contributed by atoms with E-state index < -0.39 is 0 Å². The summed E-state index contributed by atoms with van der Waals surface area (Å²) >= 11 is 1.15. The Morgan fingerprint density at radius 3 is 2.89 bits per heavy atom. The summed E-state index contributed by atoms with van der Waals surface area (Å²) in [6, 6.07) is 7.46. The Hall–Kier alpha value is -1.54. The summed E-state index contributed by atoms with van der Waals surface area (Å²) in [4.78, 5) is 0. The number of methoxy groups -OCH3 is 1. The van der Waals surface area contributed by atoms with Crippen molar-refractivity contribution in [1.29, 1.82) is 0 Å². The molecule has 7 heteroatoms. The third-order valence-corrected chi connectivity index (χ3v) is 3.11. The highest BCUT2D eigenvalue weighted by molar-refractivity contribution is 6.99. The number of hydrogen-bond donors (Lipinski definition) is 2. The van der Waals surface area contributed by atoms with Crippen LogP contribution in [0.4, 0.5) is 0 Å². The van der Waals surface area contributed by atoms with Crippen molar-refractivity contribution >= 4 is 11.7 Å². The van der Waals surface area contributed by atoms with Crippen LogP contribution in [0, 0.1) is 0 Å². The van der Waals surface area contributed by atoms with E-state index in [-0.39, 0.29) is 6.04 Å². The molecule has 1 unspecified atom stereocenters. The maximum atomic E-state index is 5.69. The van der Waals surface area contributed by atoms with Crippen molar-refractivity contribution in [2.75, 3.05) is 20.3 Å². The second-order valence-corrected chi connectivity index (χ2v) is 4.37. The largest absolute Gasteiger partial charge is 0.491 e. The van der Waals surface area contributed by atoms with Gasteiger partial charge in [-0.1, -0.05) is 18.2 Å². The monoisotopic (exact) mass is 280 g/mol. The summed E-state index contributed by atoms with van der Waals surface area (Å²) in [6.45, 7) is 1.02. The Kier molecular flexibility index (Phi) is 5.22. The summed E-state index contributed by atoms with van der Waals surface area (Å²) in [5, 5.41) is 0. The van der Waals surface area contributed by atoms with Crippen molar-refractivity contribution in [3.63, 3.8) is 0 Å². The SMILES string of the molecule is COCCOc1ccccc1C(NN)c1cnsn1. The van der Waals surface area contributed by atoms with Crippen molar-refractivity contribution in [2.24, 2.45) is 5.84 Å². The van der Waals surface area contributed by atoms with Gasteiger partial charge in [0.05, 0.1) is 36.3 Å². The predicted molar refractivity (Wildman–Crippen MR) is 72.9 cm³/mol. The van der Waals surface area contributed by atoms with Gasteiger partial charge in [0.15, 0.2) is 0 Å². The van der Waals surface area contributed by atoms with E-state index >= 15 is 0 Å². The Morgan fingerprint density at radius 1 is 1.37 bits per heavy atom. The summed E-state index contributed by atoms with van der Waals surface area (Å²) in [5.41, 5.74) is 4.44. The normalized spacial score (nSPS) is 12.3. The van der Waals surface area contributed by atoms with E-state index in [1.165, 1.54) is 0 Å². The van der Waals surface area contributed by atoms with Crippen molar-refractivity contribution in [3.05, 3.63) is 41.7 Å². The standard InChI is InChI=1S/C12H16N4O2S/c1-17-6-7-18-11-5-3-2-4-9(11)12(15-13)10-8-14-19-16-10/h2-5,8,12,15H,6-7,13H2,1H3. The number of nitrogens with zero attached hydrogens (tertiary/aromatic N) is 2. The summed E-state index contributed by atoms with van der Waals surface area (Å²) in [7, 11) is 1.64. The van der Waals surface area contributed by atoms with Crippen LogP contribution in [-0.2, 0) is 4.74 Å². The molecule has 0 saturated carbocycles. The molecule has 2 rings (SSSR count). The number of hydrazine groups is 1. The summed E-state index contributed by atoms with van der Waals surface area (Å²) in [5.74, 6) is 6.39. The summed E-state index contributed by atoms with van der Waals surface area (Å²) in [6.07, 6.45) is 1.70. The molecule has 0 aliphatic rings. The molecule has 3 N–H and O–H groups in total. The number of nitrogens with two attached hydrogens (primary N) is 1. The van der Waals surface area contributed by atoms with Crippen molar-refractivity contribution in [1.82, 2.24) is 14.2 Å². The molecule has 0 fully saturated rings. The fraction of sp³-hybridized carbons (Fsp3) is 0.333. The fourth-order valence-electron chi connectivity index (χ4n) is 1.72. The molecule has 0 spiro atoms. The zero-order valence-corrected chi connectivity index (χ0v) is 11.4. The molecule has 1 aromatic carbocycles. The molecule has 1 heterocycles. The van der Waals surface area contributed by atoms with Crippen molar-refractivity contribution < 1.29 is 9.47 Å². The van der Waals surface area contributed by atoms with Gasteiger partial charge in [0.1, 0.15) is 12.4 Å². The van der Waals surface area contributed by atoms with Gasteiger partial charge in [0, 0.05) is 12.7 Å². The van der Waals surface area contributed by atoms with Crippen LogP contribution in [0.1, 0.15) is 17.3 Å². The van der Waals surface area contributed by atoms with Crippen LogP contribution in [0.2, 0.25) is 0 Å². The molecule has 0 aliphatic heterocycles. The van der Waals surface area contributed by atoms with E-state index in [0.717, 1.165) is 28.7 Å². The van der Waals surface area contributed by atoms with E-state index in [1.54, 1.807) is 13.3 Å². The number of benzene rings is 1. The Balaban J connectivity index is 2.22. The predicted octanol–water partition coefficient (Wildman–Crippen LogP) is 1.12. The molecular weight excluding hydrogens is 264 g/mol. The average Bonchev–Trinajstić information content (AvgIpc) is 2.96. The first-order chi connectivity index (χ1) is 9.36. The Labute approximate surface area is 115 Å². The van der Waals surface area contributed by atoms with Crippen LogP contribution in [0.15, 0.2) is 30.5 Å². The first-order valence-electron chi connectivity index (χ1n) is 5.81. The van der Waals surface area contributed by atoms with Gasteiger partial charge in [-0.05, 0) is 6.07 Å². The second kappa shape index (κ2) is 7.15. The minimum Gasteiger partial charge on any atom is -0.491 e. The van der Waals surface area contributed by atoms with E-state index in [9.17, 15) is 0 Å². The number of rotatable bonds is 7. The lowest BCUT2D eigenvalue weighted by molar-refractivity contribution is 0.145. The van der Waals surface area contributed by atoms with Gasteiger partial charge in [-0.3, -0.25) is 5.84 Å². The van der Waals surface area contributed by atoms with E-state index in [2.05, 4.69) is 14.2 Å². The lowest BCUT2D eigenvalue weighted by Crippen LogP contribution is -2.29. The van der Waals surface area contributed by atoms with E-state index in [4.69, 9.17) is 15.3 Å². The van der Waals surface area contributed by atoms with Gasteiger partial charge in [-0.15, -0.1) is 0 Å². The molecule has 102 valence electrons. The number of para-hydroxylation sites is 1. The average molecular weight is 280 g/mol. The molecule has 2 aromatic rings. The van der Waals surface area contributed by atoms with Crippen LogP contribution in [0.5, 0.6) is 5.75 Å². The molecule has 0 radical (unpaired) electrons. The number of ether oxygens (including phenoxy) is 2. The van der Waals surface area contributed by atoms with E-state index in [0.29, 0.717) is 13.2 Å². The maximum Gasteiger partial charge on any atom is 0.124 e. The molecule has 0 bridgehead atoms. The van der Waals surface area contributed by atoms with Gasteiger partial charge in [-0.25, -0.2) is 5.43 Å². The zero-order valence-electron chi connectivity index (χ0n) is 10.6. The van der Waals surface area contributed by atoms with Crippen LogP contribution in [0.25, 0.3) is 0 Å². The van der Waals surface area contributed by atoms with E-state index in [1.807, 2.05) is 24.3 Å². The smallest absolute Gasteiger partial charge is 0.124 e. The van der Waals surface area contributed by atoms with Gasteiger partial charge >= 0.3 is 0 Å². The third-order valence-electron chi connectivity index (χ3n) is 2.62. The molecule has 1 aromatic heterocycles. The minimum absolute atomic E-state index is 0.238. The van der Waals surface area contributed by atoms with Gasteiger partial charge in [0.2, 0.25) is 0 Å². The molecule has 19 heavy (non-hydrogen) atoms. The Morgan fingerprint density at radius 2 is 2.21 bits per heavy atom. The quantitative estimate of drug-likeness (QED) is 0.449. The molecular formula is C12H16N4O2S. The molecule has 0 saturated heterocycles. The summed E-state index contributed by atoms with van der Waals surface area (Å²) < 4.78 is 18.9. The van der Waals surface area contributed by atoms with Crippen LogP contribution < -0.4 is 16.0 Å². The number of aromatic nitrogens is 2. The fourth-order valence-corrected chi connectivity index (χ4v) is 2.17. The van der Waals surface area contributed by atoms with Crippen LogP contribution >= 0.6 is 11.7 Å². The van der Waals surface area contributed by atoms with Gasteiger partial charge in [0.25, 0.3) is 0 Å². The van der Waals surface area contributed by atoms with Crippen molar-refractivity contribution in [2.45, 2.75) is 6.04 Å². The molecule has 6 nitrogen and oxygen atoms in total. The first kappa shape index (κ1) is 13.9. The first-order valence-corrected chi connectivity index (χ1v) is 6.54. The van der Waals surface area contributed by atoms with Gasteiger partial charge in [-0.2, -0.15) is 8.75 Å². The second-order valence-electron chi connectivity index (χ2n) is 3.81. The lowest BCUT2D eigenvalue weighted by Gasteiger charge is -2.17. The van der Waals surface area contributed by atoms with Crippen LogP contribution in [-0.4, -0.2) is 29.1 Å². The number of nitrogens with one attached hydrogen (secondary N) is 1. The highest BCUT2D eigenvalue weighted by atomic mass is 32.1. The topological polar surface area (TPSA) is 82.3 Å². The Bertz CT molecular complexity index is 492. The minimum atomic E-state index is -0.238. The van der Waals surface area contributed by atoms with Gasteiger partial charge < -0.3 is 9.47 Å². The molecule has 1 atom stereocenters. The van der Waals surface area contributed by atoms with Crippen LogP contribution in [0.3, 0.4) is 0 Å². The highest BCUT2D eigenvalue weighted by Gasteiger charge is 2.19. The molecule has 0 amide bonds.